The Morgan fingerprint density at radius 1 is 1.67 bits per heavy atom. The van der Waals surface area contributed by atoms with Gasteiger partial charge in [0.05, 0.1) is 6.04 Å². The molecule has 0 saturated heterocycles. The molecule has 3 heteroatoms. The summed E-state index contributed by atoms with van der Waals surface area (Å²) in [5.41, 5.74) is 0. The normalized spacial score (nSPS) is 17.8. The zero-order valence-electron chi connectivity index (χ0n) is 7.96. The number of rotatable bonds is 5. The van der Waals surface area contributed by atoms with Crippen LogP contribution in [0.3, 0.4) is 0 Å². The maximum atomic E-state index is 10.8. The second-order valence-electron chi connectivity index (χ2n) is 2.94. The van der Waals surface area contributed by atoms with Gasteiger partial charge in [0.2, 0.25) is 0 Å². The minimum atomic E-state index is -0.747. The first-order valence-electron chi connectivity index (χ1n) is 4.12. The van der Waals surface area contributed by atoms with Crippen molar-refractivity contribution in [3.8, 4) is 12.3 Å². The predicted molar refractivity (Wildman–Crippen MR) is 54.4 cm³/mol. The summed E-state index contributed by atoms with van der Waals surface area (Å²) >= 11 is 0. The quantitative estimate of drug-likeness (QED) is 0.644. The molecule has 0 aliphatic heterocycles. The van der Waals surface area contributed by atoms with Crippen LogP contribution in [-0.4, -0.2) is 28.3 Å². The molecule has 0 heterocycles. The summed E-state index contributed by atoms with van der Waals surface area (Å²) in [5.74, 6) is 3.31. The van der Waals surface area contributed by atoms with Crippen molar-refractivity contribution in [3.63, 3.8) is 0 Å². The molecule has 12 heavy (non-hydrogen) atoms. The topological polar surface area (TPSA) is 29.1 Å². The SMILES string of the molecule is C#CC(CC)NC(C)CS(C)=O. The third-order valence-corrected chi connectivity index (χ3v) is 2.55. The molecule has 0 aromatic carbocycles. The fourth-order valence-corrected chi connectivity index (χ4v) is 1.83. The van der Waals surface area contributed by atoms with Crippen LogP contribution in [0.25, 0.3) is 0 Å². The van der Waals surface area contributed by atoms with E-state index in [4.69, 9.17) is 6.42 Å². The summed E-state index contributed by atoms with van der Waals surface area (Å²) in [5, 5.41) is 3.22. The molecular weight excluding hydrogens is 170 g/mol. The van der Waals surface area contributed by atoms with Gasteiger partial charge >= 0.3 is 0 Å². The Bertz CT molecular complexity index is 185. The summed E-state index contributed by atoms with van der Waals surface area (Å²) < 4.78 is 10.8. The van der Waals surface area contributed by atoms with Gasteiger partial charge in [-0.05, 0) is 13.3 Å². The lowest BCUT2D eigenvalue weighted by Crippen LogP contribution is -2.38. The van der Waals surface area contributed by atoms with Gasteiger partial charge in [-0.15, -0.1) is 6.42 Å². The number of nitrogens with one attached hydrogen (secondary N) is 1. The van der Waals surface area contributed by atoms with Gasteiger partial charge in [-0.2, -0.15) is 0 Å². The zero-order chi connectivity index (χ0) is 9.56. The number of hydrogen-bond acceptors (Lipinski definition) is 2. The van der Waals surface area contributed by atoms with E-state index < -0.39 is 10.8 Å². The van der Waals surface area contributed by atoms with Crippen molar-refractivity contribution in [1.29, 1.82) is 0 Å². The Labute approximate surface area is 77.6 Å². The van der Waals surface area contributed by atoms with Crippen molar-refractivity contribution >= 4 is 10.8 Å². The van der Waals surface area contributed by atoms with Gasteiger partial charge in [-0.3, -0.25) is 4.21 Å². The molecule has 2 nitrogen and oxygen atoms in total. The maximum absolute atomic E-state index is 10.8. The molecule has 0 bridgehead atoms. The molecule has 70 valence electrons. The fourth-order valence-electron chi connectivity index (χ4n) is 1.03. The van der Waals surface area contributed by atoms with Crippen LogP contribution in [0, 0.1) is 12.3 Å². The summed E-state index contributed by atoms with van der Waals surface area (Å²) in [4.78, 5) is 0. The van der Waals surface area contributed by atoms with Gasteiger partial charge in [0.25, 0.3) is 0 Å². The summed E-state index contributed by atoms with van der Waals surface area (Å²) in [7, 11) is -0.747. The van der Waals surface area contributed by atoms with Crippen LogP contribution in [0.15, 0.2) is 0 Å². The van der Waals surface area contributed by atoms with E-state index >= 15 is 0 Å². The van der Waals surface area contributed by atoms with E-state index in [-0.39, 0.29) is 12.1 Å². The Morgan fingerprint density at radius 3 is 2.58 bits per heavy atom. The molecule has 0 fully saturated rings. The van der Waals surface area contributed by atoms with Gasteiger partial charge in [-0.25, -0.2) is 0 Å². The van der Waals surface area contributed by atoms with Crippen LogP contribution >= 0.6 is 0 Å². The lowest BCUT2D eigenvalue weighted by atomic mass is 10.2. The van der Waals surface area contributed by atoms with Crippen LogP contribution in [0.4, 0.5) is 0 Å². The second-order valence-corrected chi connectivity index (χ2v) is 4.41. The molecule has 3 unspecified atom stereocenters. The van der Waals surface area contributed by atoms with Crippen LogP contribution in [0.2, 0.25) is 0 Å². The van der Waals surface area contributed by atoms with Gasteiger partial charge in [0.1, 0.15) is 0 Å². The minimum Gasteiger partial charge on any atom is -0.300 e. The zero-order valence-corrected chi connectivity index (χ0v) is 8.78. The third-order valence-electron chi connectivity index (χ3n) is 1.58. The summed E-state index contributed by atoms with van der Waals surface area (Å²) in [6, 6.07) is 0.348. The highest BCUT2D eigenvalue weighted by atomic mass is 32.2. The lowest BCUT2D eigenvalue weighted by Gasteiger charge is -2.16. The maximum Gasteiger partial charge on any atom is 0.0686 e. The van der Waals surface area contributed by atoms with Gasteiger partial charge in [0.15, 0.2) is 0 Å². The van der Waals surface area contributed by atoms with E-state index in [1.54, 1.807) is 6.26 Å². The standard InChI is InChI=1S/C9H17NOS/c1-5-9(6-2)10-8(3)7-12(4)11/h1,8-10H,6-7H2,2-4H3. The molecule has 0 amide bonds. The molecular formula is C9H17NOS. The molecule has 3 atom stereocenters. The first-order chi connectivity index (χ1) is 5.60. The Kier molecular flexibility index (Phi) is 6.04. The van der Waals surface area contributed by atoms with E-state index in [2.05, 4.69) is 11.2 Å². The molecule has 0 radical (unpaired) electrons. The average Bonchev–Trinajstić information content (AvgIpc) is 1.98. The molecule has 0 aliphatic rings. The van der Waals surface area contributed by atoms with E-state index in [0.29, 0.717) is 5.75 Å². The smallest absolute Gasteiger partial charge is 0.0686 e. The molecule has 0 saturated carbocycles. The van der Waals surface area contributed by atoms with Crippen molar-refractivity contribution < 1.29 is 4.21 Å². The molecule has 0 rings (SSSR count). The molecule has 1 N–H and O–H groups in total. The molecule has 0 aromatic rings. The van der Waals surface area contributed by atoms with Crippen LogP contribution in [0.1, 0.15) is 20.3 Å². The molecule has 0 aromatic heterocycles. The molecule has 0 aliphatic carbocycles. The first-order valence-corrected chi connectivity index (χ1v) is 5.85. The third kappa shape index (κ3) is 5.34. The predicted octanol–water partition coefficient (Wildman–Crippen LogP) is 0.755. The number of hydrogen-bond donors (Lipinski definition) is 1. The van der Waals surface area contributed by atoms with E-state index in [9.17, 15) is 4.21 Å². The van der Waals surface area contributed by atoms with Crippen LogP contribution in [-0.2, 0) is 10.8 Å². The van der Waals surface area contributed by atoms with Crippen molar-refractivity contribution in [2.45, 2.75) is 32.4 Å². The summed E-state index contributed by atoms with van der Waals surface area (Å²) in [6.07, 6.45) is 7.89. The number of terminal acetylenes is 1. The first kappa shape index (κ1) is 11.7. The largest absolute Gasteiger partial charge is 0.300 e. The highest BCUT2D eigenvalue weighted by molar-refractivity contribution is 7.84. The summed E-state index contributed by atoms with van der Waals surface area (Å²) in [6.45, 7) is 4.04. The highest BCUT2D eigenvalue weighted by Crippen LogP contribution is 1.93. The monoisotopic (exact) mass is 187 g/mol. The Morgan fingerprint density at radius 2 is 2.25 bits per heavy atom. The van der Waals surface area contributed by atoms with Crippen LogP contribution < -0.4 is 5.32 Å². The van der Waals surface area contributed by atoms with Gasteiger partial charge in [0, 0.05) is 28.9 Å². The van der Waals surface area contributed by atoms with Crippen molar-refractivity contribution in [2.75, 3.05) is 12.0 Å². The van der Waals surface area contributed by atoms with Gasteiger partial charge in [-0.1, -0.05) is 12.8 Å². The van der Waals surface area contributed by atoms with Crippen molar-refractivity contribution in [3.05, 3.63) is 0 Å². The van der Waals surface area contributed by atoms with Crippen LogP contribution in [0.5, 0.6) is 0 Å². The highest BCUT2D eigenvalue weighted by Gasteiger charge is 2.08. The Balaban J connectivity index is 3.75. The fraction of sp³-hybridized carbons (Fsp3) is 0.778. The van der Waals surface area contributed by atoms with Crippen molar-refractivity contribution in [1.82, 2.24) is 5.32 Å². The van der Waals surface area contributed by atoms with Crippen molar-refractivity contribution in [2.24, 2.45) is 0 Å². The van der Waals surface area contributed by atoms with E-state index in [1.807, 2.05) is 13.8 Å². The van der Waals surface area contributed by atoms with Gasteiger partial charge < -0.3 is 5.32 Å². The lowest BCUT2D eigenvalue weighted by molar-refractivity contribution is 0.525. The second kappa shape index (κ2) is 6.22. The average molecular weight is 187 g/mol. The van der Waals surface area contributed by atoms with E-state index in [1.165, 1.54) is 0 Å². The minimum absolute atomic E-state index is 0.114. The van der Waals surface area contributed by atoms with E-state index in [0.717, 1.165) is 6.42 Å². The Hall–Kier alpha value is -0.330. The molecule has 0 spiro atoms.